The number of carboxylic acid groups (broad SMARTS) is 1. The van der Waals surface area contributed by atoms with Gasteiger partial charge in [0.25, 0.3) is 0 Å². The fraction of sp³-hybridized carbons (Fsp3) is 0.467. The number of rotatable bonds is 8. The molecule has 1 aromatic carbocycles. The highest BCUT2D eigenvalue weighted by molar-refractivity contribution is 6.33. The second-order valence-electron chi connectivity index (χ2n) is 4.71. The lowest BCUT2D eigenvalue weighted by Crippen LogP contribution is -2.12. The van der Waals surface area contributed by atoms with Crippen molar-refractivity contribution >= 4 is 29.2 Å². The van der Waals surface area contributed by atoms with Gasteiger partial charge in [-0.15, -0.1) is 0 Å². The summed E-state index contributed by atoms with van der Waals surface area (Å²) in [6.07, 6.45) is 5.79. The van der Waals surface area contributed by atoms with Gasteiger partial charge in [0.05, 0.1) is 16.3 Å². The van der Waals surface area contributed by atoms with E-state index in [1.165, 1.54) is 31.0 Å². The van der Waals surface area contributed by atoms with Gasteiger partial charge in [-0.05, 0) is 24.6 Å². The highest BCUT2D eigenvalue weighted by atomic mass is 35.5. The molecule has 0 heterocycles. The summed E-state index contributed by atoms with van der Waals surface area (Å²) in [7, 11) is 0. The molecule has 2 N–H and O–H groups in total. The summed E-state index contributed by atoms with van der Waals surface area (Å²) in [5, 5.41) is 11.9. The van der Waals surface area contributed by atoms with Gasteiger partial charge in [-0.25, -0.2) is 4.79 Å². The number of anilines is 1. The molecular weight excluding hydrogens is 278 g/mol. The maximum Gasteiger partial charge on any atom is 0.335 e. The van der Waals surface area contributed by atoms with Gasteiger partial charge < -0.3 is 10.4 Å². The molecule has 0 atom stereocenters. The Morgan fingerprint density at radius 3 is 2.55 bits per heavy atom. The molecule has 20 heavy (non-hydrogen) atoms. The van der Waals surface area contributed by atoms with Crippen molar-refractivity contribution in [2.75, 3.05) is 5.32 Å². The van der Waals surface area contributed by atoms with Crippen LogP contribution in [-0.4, -0.2) is 17.0 Å². The molecule has 0 unspecified atom stereocenters. The molecule has 0 aliphatic carbocycles. The number of benzene rings is 1. The predicted octanol–water partition coefficient (Wildman–Crippen LogP) is 4.34. The molecule has 0 aromatic heterocycles. The summed E-state index contributed by atoms with van der Waals surface area (Å²) in [6, 6.07) is 4.26. The summed E-state index contributed by atoms with van der Waals surface area (Å²) in [4.78, 5) is 22.6. The standard InChI is InChI=1S/C15H20ClNO3/c1-2-3-4-5-6-7-14(18)17-13-10-11(15(19)20)8-9-12(13)16/h8-10H,2-7H2,1H3,(H,17,18)(H,19,20). The highest BCUT2D eigenvalue weighted by Crippen LogP contribution is 2.23. The van der Waals surface area contributed by atoms with Crippen molar-refractivity contribution in [2.45, 2.75) is 45.4 Å². The Kier molecular flexibility index (Phi) is 7.09. The number of amides is 1. The summed E-state index contributed by atoms with van der Waals surface area (Å²) in [5.74, 6) is -1.18. The zero-order valence-corrected chi connectivity index (χ0v) is 12.4. The van der Waals surface area contributed by atoms with Crippen LogP contribution >= 0.6 is 11.6 Å². The minimum absolute atomic E-state index is 0.104. The van der Waals surface area contributed by atoms with Crippen LogP contribution in [0, 0.1) is 0 Å². The van der Waals surface area contributed by atoms with Crippen LogP contribution in [-0.2, 0) is 4.79 Å². The van der Waals surface area contributed by atoms with E-state index in [1.807, 2.05) is 0 Å². The van der Waals surface area contributed by atoms with E-state index in [4.69, 9.17) is 16.7 Å². The first kappa shape index (κ1) is 16.5. The lowest BCUT2D eigenvalue weighted by Gasteiger charge is -2.08. The number of carboxylic acids is 1. The highest BCUT2D eigenvalue weighted by Gasteiger charge is 2.09. The van der Waals surface area contributed by atoms with Crippen LogP contribution in [0.15, 0.2) is 18.2 Å². The molecule has 0 bridgehead atoms. The Morgan fingerprint density at radius 1 is 1.20 bits per heavy atom. The van der Waals surface area contributed by atoms with Crippen molar-refractivity contribution in [3.63, 3.8) is 0 Å². The zero-order valence-electron chi connectivity index (χ0n) is 11.6. The molecule has 4 nitrogen and oxygen atoms in total. The van der Waals surface area contributed by atoms with Crippen LogP contribution in [0.25, 0.3) is 0 Å². The smallest absolute Gasteiger partial charge is 0.335 e. The van der Waals surface area contributed by atoms with Crippen LogP contribution < -0.4 is 5.32 Å². The monoisotopic (exact) mass is 297 g/mol. The van der Waals surface area contributed by atoms with E-state index >= 15 is 0 Å². The van der Waals surface area contributed by atoms with Crippen LogP contribution in [0.2, 0.25) is 5.02 Å². The van der Waals surface area contributed by atoms with Crippen LogP contribution in [0.5, 0.6) is 0 Å². The van der Waals surface area contributed by atoms with E-state index in [0.717, 1.165) is 19.3 Å². The first-order valence-electron chi connectivity index (χ1n) is 6.87. The van der Waals surface area contributed by atoms with E-state index < -0.39 is 5.97 Å². The molecule has 0 saturated heterocycles. The third kappa shape index (κ3) is 5.61. The number of carbonyl (C=O) groups is 2. The average molecular weight is 298 g/mol. The van der Waals surface area contributed by atoms with Crippen molar-refractivity contribution in [3.8, 4) is 0 Å². The number of halogens is 1. The molecule has 1 amide bonds. The molecule has 1 rings (SSSR count). The van der Waals surface area contributed by atoms with Crippen molar-refractivity contribution in [3.05, 3.63) is 28.8 Å². The van der Waals surface area contributed by atoms with Crippen molar-refractivity contribution in [1.82, 2.24) is 0 Å². The summed E-state index contributed by atoms with van der Waals surface area (Å²) >= 11 is 5.94. The summed E-state index contributed by atoms with van der Waals surface area (Å²) in [6.45, 7) is 2.14. The topological polar surface area (TPSA) is 66.4 Å². The lowest BCUT2D eigenvalue weighted by molar-refractivity contribution is -0.116. The number of nitrogens with one attached hydrogen (secondary N) is 1. The number of carbonyl (C=O) groups excluding carboxylic acids is 1. The molecule has 0 spiro atoms. The fourth-order valence-electron chi connectivity index (χ4n) is 1.86. The molecule has 0 aliphatic heterocycles. The Bertz CT molecular complexity index is 474. The van der Waals surface area contributed by atoms with E-state index in [-0.39, 0.29) is 11.5 Å². The molecule has 5 heteroatoms. The number of unbranched alkanes of at least 4 members (excludes halogenated alkanes) is 4. The first-order valence-corrected chi connectivity index (χ1v) is 7.25. The van der Waals surface area contributed by atoms with E-state index in [2.05, 4.69) is 12.2 Å². The third-order valence-electron chi connectivity index (χ3n) is 2.99. The minimum Gasteiger partial charge on any atom is -0.478 e. The number of hydrogen-bond donors (Lipinski definition) is 2. The van der Waals surface area contributed by atoms with Gasteiger partial charge in [0.2, 0.25) is 5.91 Å². The average Bonchev–Trinajstić information content (AvgIpc) is 2.40. The zero-order chi connectivity index (χ0) is 15.0. The molecular formula is C15H20ClNO3. The van der Waals surface area contributed by atoms with Crippen molar-refractivity contribution in [2.24, 2.45) is 0 Å². The second-order valence-corrected chi connectivity index (χ2v) is 5.12. The van der Waals surface area contributed by atoms with Gasteiger partial charge in [0, 0.05) is 6.42 Å². The molecule has 0 aliphatic rings. The second kappa shape index (κ2) is 8.59. The van der Waals surface area contributed by atoms with Crippen LogP contribution in [0.1, 0.15) is 55.8 Å². The van der Waals surface area contributed by atoms with Crippen molar-refractivity contribution in [1.29, 1.82) is 0 Å². The quantitative estimate of drug-likeness (QED) is 0.702. The number of hydrogen-bond acceptors (Lipinski definition) is 2. The largest absolute Gasteiger partial charge is 0.478 e. The number of aromatic carboxylic acids is 1. The van der Waals surface area contributed by atoms with Gasteiger partial charge >= 0.3 is 5.97 Å². The van der Waals surface area contributed by atoms with Crippen LogP contribution in [0.3, 0.4) is 0 Å². The Labute approximate surface area is 124 Å². The molecule has 0 fully saturated rings. The van der Waals surface area contributed by atoms with Gasteiger partial charge in [-0.2, -0.15) is 0 Å². The van der Waals surface area contributed by atoms with Crippen LogP contribution in [0.4, 0.5) is 5.69 Å². The maximum absolute atomic E-state index is 11.8. The third-order valence-corrected chi connectivity index (χ3v) is 3.32. The summed E-state index contributed by atoms with van der Waals surface area (Å²) < 4.78 is 0. The predicted molar refractivity (Wildman–Crippen MR) is 80.4 cm³/mol. The Morgan fingerprint density at radius 2 is 1.90 bits per heavy atom. The SMILES string of the molecule is CCCCCCCC(=O)Nc1cc(C(=O)O)ccc1Cl. The van der Waals surface area contributed by atoms with Crippen molar-refractivity contribution < 1.29 is 14.7 Å². The molecule has 0 saturated carbocycles. The molecule has 0 radical (unpaired) electrons. The fourth-order valence-corrected chi connectivity index (χ4v) is 2.02. The van der Waals surface area contributed by atoms with Gasteiger partial charge in [-0.1, -0.05) is 44.2 Å². The normalized spacial score (nSPS) is 10.3. The lowest BCUT2D eigenvalue weighted by atomic mass is 10.1. The minimum atomic E-state index is -1.04. The van der Waals surface area contributed by atoms with E-state index in [9.17, 15) is 9.59 Å². The maximum atomic E-state index is 11.8. The van der Waals surface area contributed by atoms with Gasteiger partial charge in [-0.3, -0.25) is 4.79 Å². The molecule has 1 aromatic rings. The van der Waals surface area contributed by atoms with E-state index in [0.29, 0.717) is 17.1 Å². The van der Waals surface area contributed by atoms with Gasteiger partial charge in [0.1, 0.15) is 0 Å². The van der Waals surface area contributed by atoms with Gasteiger partial charge in [0.15, 0.2) is 0 Å². The Hall–Kier alpha value is -1.55. The first-order chi connectivity index (χ1) is 9.54. The van der Waals surface area contributed by atoms with E-state index in [1.54, 1.807) is 0 Å². The Balaban J connectivity index is 2.49. The summed E-state index contributed by atoms with van der Waals surface area (Å²) in [5.41, 5.74) is 0.456. The molecule has 110 valence electrons.